The van der Waals surface area contributed by atoms with Gasteiger partial charge in [-0.1, -0.05) is 27.7 Å². The average molecular weight is 199 g/mol. The van der Waals surface area contributed by atoms with Gasteiger partial charge in [-0.15, -0.1) is 0 Å². The number of hydrogen-bond acceptors (Lipinski definition) is 2. The summed E-state index contributed by atoms with van der Waals surface area (Å²) in [4.78, 5) is 22.7. The van der Waals surface area contributed by atoms with Crippen LogP contribution >= 0.6 is 0 Å². The van der Waals surface area contributed by atoms with Gasteiger partial charge >= 0.3 is 0 Å². The Morgan fingerprint density at radius 3 is 2.07 bits per heavy atom. The molecule has 0 rings (SSSR count). The minimum atomic E-state index is -0.325. The highest BCUT2D eigenvalue weighted by Crippen LogP contribution is 2.28. The number of nitrogens with one attached hydrogen (secondary N) is 1. The molecular formula is C11H21NO2. The molecule has 1 N–H and O–H groups in total. The van der Waals surface area contributed by atoms with E-state index in [-0.39, 0.29) is 17.1 Å². The number of carbonyl (C=O) groups is 2. The Kier molecular flexibility index (Phi) is 4.81. The summed E-state index contributed by atoms with van der Waals surface area (Å²) in [6.07, 6.45) is 0.635. The molecule has 1 amide bonds. The van der Waals surface area contributed by atoms with Crippen LogP contribution in [-0.4, -0.2) is 18.7 Å². The Labute approximate surface area is 86.3 Å². The maximum atomic E-state index is 11.7. The van der Waals surface area contributed by atoms with E-state index < -0.39 is 0 Å². The molecule has 0 fully saturated rings. The molecule has 3 nitrogen and oxygen atoms in total. The average Bonchev–Trinajstić information content (AvgIpc) is 2.12. The van der Waals surface area contributed by atoms with Gasteiger partial charge in [-0.05, 0) is 5.92 Å². The molecule has 0 spiro atoms. The molecule has 0 unspecified atom stereocenters. The fraction of sp³-hybridized carbons (Fsp3) is 0.818. The van der Waals surface area contributed by atoms with Crippen molar-refractivity contribution >= 4 is 11.7 Å². The summed E-state index contributed by atoms with van der Waals surface area (Å²) in [5, 5.41) is 2.51. The van der Waals surface area contributed by atoms with E-state index in [0.29, 0.717) is 18.8 Å². The van der Waals surface area contributed by atoms with Crippen LogP contribution in [0.25, 0.3) is 0 Å². The van der Waals surface area contributed by atoms with Gasteiger partial charge in [0.1, 0.15) is 5.78 Å². The molecule has 0 aliphatic heterocycles. The molecule has 0 atom stereocenters. The van der Waals surface area contributed by atoms with Crippen molar-refractivity contribution in [2.24, 2.45) is 11.3 Å². The van der Waals surface area contributed by atoms with E-state index in [1.54, 1.807) is 7.05 Å². The number of Topliss-reactive ketones (excluding diaryl/α,β-unsaturated/α-hetero) is 1. The molecule has 0 aromatic rings. The lowest BCUT2D eigenvalue weighted by molar-refractivity contribution is -0.131. The first kappa shape index (κ1) is 13.1. The van der Waals surface area contributed by atoms with Crippen molar-refractivity contribution in [3.63, 3.8) is 0 Å². The fourth-order valence-corrected chi connectivity index (χ4v) is 0.996. The number of rotatable bonds is 5. The molecule has 0 saturated heterocycles. The monoisotopic (exact) mass is 199 g/mol. The lowest BCUT2D eigenvalue weighted by atomic mass is 9.76. The van der Waals surface area contributed by atoms with Crippen LogP contribution in [0, 0.1) is 11.3 Å². The molecule has 0 radical (unpaired) electrons. The highest BCUT2D eigenvalue weighted by molar-refractivity contribution is 5.88. The van der Waals surface area contributed by atoms with Crippen molar-refractivity contribution in [3.8, 4) is 0 Å². The van der Waals surface area contributed by atoms with Gasteiger partial charge in [-0.3, -0.25) is 9.59 Å². The van der Waals surface area contributed by atoms with Crippen LogP contribution in [0.3, 0.4) is 0 Å². The van der Waals surface area contributed by atoms with Crippen LogP contribution < -0.4 is 5.32 Å². The van der Waals surface area contributed by atoms with Gasteiger partial charge in [0.2, 0.25) is 5.91 Å². The van der Waals surface area contributed by atoms with Crippen molar-refractivity contribution in [1.29, 1.82) is 0 Å². The zero-order chi connectivity index (χ0) is 11.4. The van der Waals surface area contributed by atoms with E-state index >= 15 is 0 Å². The third-order valence-corrected chi connectivity index (χ3v) is 3.02. The lowest BCUT2D eigenvalue weighted by Gasteiger charge is -2.27. The van der Waals surface area contributed by atoms with Crippen LogP contribution in [0.2, 0.25) is 0 Å². The topological polar surface area (TPSA) is 46.2 Å². The van der Waals surface area contributed by atoms with Gasteiger partial charge in [0, 0.05) is 25.3 Å². The predicted octanol–water partition coefficient (Wildman–Crippen LogP) is 1.76. The number of hydrogen-bond donors (Lipinski definition) is 1. The first-order chi connectivity index (χ1) is 6.32. The molecule has 82 valence electrons. The van der Waals surface area contributed by atoms with E-state index in [2.05, 4.69) is 5.32 Å². The maximum Gasteiger partial charge on any atom is 0.220 e. The van der Waals surface area contributed by atoms with Crippen LogP contribution in [0.5, 0.6) is 0 Å². The molecular weight excluding hydrogens is 178 g/mol. The van der Waals surface area contributed by atoms with Crippen LogP contribution in [0.15, 0.2) is 0 Å². The second kappa shape index (κ2) is 5.13. The van der Waals surface area contributed by atoms with Gasteiger partial charge in [0.25, 0.3) is 0 Å². The Morgan fingerprint density at radius 1 is 1.21 bits per heavy atom. The fourth-order valence-electron chi connectivity index (χ4n) is 0.996. The minimum Gasteiger partial charge on any atom is -0.359 e. The Hall–Kier alpha value is -0.860. The molecule has 0 heterocycles. The van der Waals surface area contributed by atoms with Crippen molar-refractivity contribution in [3.05, 3.63) is 0 Å². The molecule has 3 heteroatoms. The molecule has 0 saturated carbocycles. The maximum absolute atomic E-state index is 11.7. The van der Waals surface area contributed by atoms with Gasteiger partial charge < -0.3 is 5.32 Å². The second-order valence-electron chi connectivity index (χ2n) is 4.47. The number of amides is 1. The summed E-state index contributed by atoms with van der Waals surface area (Å²) in [7, 11) is 1.58. The van der Waals surface area contributed by atoms with Gasteiger partial charge in [0.15, 0.2) is 0 Å². The SMILES string of the molecule is CNC(=O)CCC(=O)C(C)(C)C(C)C. The quantitative estimate of drug-likeness (QED) is 0.733. The zero-order valence-corrected chi connectivity index (χ0v) is 9.81. The van der Waals surface area contributed by atoms with Crippen molar-refractivity contribution in [1.82, 2.24) is 5.32 Å². The van der Waals surface area contributed by atoms with E-state index in [1.165, 1.54) is 0 Å². The molecule has 0 bridgehead atoms. The standard InChI is InChI=1S/C11H21NO2/c1-8(2)11(3,4)9(13)6-7-10(14)12-5/h8H,6-7H2,1-5H3,(H,12,14). The molecule has 0 aromatic carbocycles. The first-order valence-electron chi connectivity index (χ1n) is 5.06. The van der Waals surface area contributed by atoms with E-state index in [9.17, 15) is 9.59 Å². The minimum absolute atomic E-state index is 0.0714. The van der Waals surface area contributed by atoms with E-state index in [1.807, 2.05) is 27.7 Å². The normalized spacial score (nSPS) is 11.6. The molecule has 0 aromatic heterocycles. The second-order valence-corrected chi connectivity index (χ2v) is 4.47. The van der Waals surface area contributed by atoms with Crippen LogP contribution in [0.1, 0.15) is 40.5 Å². The molecule has 14 heavy (non-hydrogen) atoms. The molecule has 0 aliphatic rings. The highest BCUT2D eigenvalue weighted by Gasteiger charge is 2.30. The van der Waals surface area contributed by atoms with E-state index in [0.717, 1.165) is 0 Å². The summed E-state index contributed by atoms with van der Waals surface area (Å²) in [6.45, 7) is 7.92. The van der Waals surface area contributed by atoms with Gasteiger partial charge in [-0.25, -0.2) is 0 Å². The summed E-state index contributed by atoms with van der Waals surface area (Å²) in [5.41, 5.74) is -0.325. The van der Waals surface area contributed by atoms with Gasteiger partial charge in [-0.2, -0.15) is 0 Å². The van der Waals surface area contributed by atoms with Crippen molar-refractivity contribution in [2.45, 2.75) is 40.5 Å². The largest absolute Gasteiger partial charge is 0.359 e. The number of ketones is 1. The summed E-state index contributed by atoms with van der Waals surface area (Å²) >= 11 is 0. The third-order valence-electron chi connectivity index (χ3n) is 3.02. The van der Waals surface area contributed by atoms with E-state index in [4.69, 9.17) is 0 Å². The smallest absolute Gasteiger partial charge is 0.220 e. The van der Waals surface area contributed by atoms with Crippen molar-refractivity contribution < 1.29 is 9.59 Å². The number of carbonyl (C=O) groups excluding carboxylic acids is 2. The Bertz CT molecular complexity index is 219. The molecule has 0 aliphatic carbocycles. The van der Waals surface area contributed by atoms with Crippen LogP contribution in [-0.2, 0) is 9.59 Å². The van der Waals surface area contributed by atoms with Crippen LogP contribution in [0.4, 0.5) is 0 Å². The third kappa shape index (κ3) is 3.48. The Balaban J connectivity index is 4.15. The lowest BCUT2D eigenvalue weighted by Crippen LogP contribution is -2.31. The van der Waals surface area contributed by atoms with Crippen molar-refractivity contribution in [2.75, 3.05) is 7.05 Å². The highest BCUT2D eigenvalue weighted by atomic mass is 16.2. The Morgan fingerprint density at radius 2 is 1.71 bits per heavy atom. The summed E-state index contributed by atoms with van der Waals surface area (Å²) in [6, 6.07) is 0. The van der Waals surface area contributed by atoms with Gasteiger partial charge in [0.05, 0.1) is 0 Å². The first-order valence-corrected chi connectivity index (χ1v) is 5.06. The summed E-state index contributed by atoms with van der Waals surface area (Å²) in [5.74, 6) is 0.397. The summed E-state index contributed by atoms with van der Waals surface area (Å²) < 4.78 is 0. The zero-order valence-electron chi connectivity index (χ0n) is 9.81. The predicted molar refractivity (Wildman–Crippen MR) is 56.9 cm³/mol.